The maximum atomic E-state index is 12.0. The van der Waals surface area contributed by atoms with Crippen molar-refractivity contribution in [2.45, 2.75) is 20.5 Å². The second-order valence-corrected chi connectivity index (χ2v) is 5.71. The van der Waals surface area contributed by atoms with Gasteiger partial charge in [-0.3, -0.25) is 4.79 Å². The topological polar surface area (TPSA) is 61.6 Å². The van der Waals surface area contributed by atoms with Crippen molar-refractivity contribution in [3.8, 4) is 22.8 Å². The van der Waals surface area contributed by atoms with Gasteiger partial charge in [0.2, 0.25) is 0 Å². The molecule has 128 valence electrons. The predicted octanol–water partition coefficient (Wildman–Crippen LogP) is 4.44. The average Bonchev–Trinajstić information content (AvgIpc) is 3.06. The summed E-state index contributed by atoms with van der Waals surface area (Å²) < 4.78 is 16.7. The van der Waals surface area contributed by atoms with Gasteiger partial charge >= 0.3 is 0 Å². The lowest BCUT2D eigenvalue weighted by Crippen LogP contribution is -2.02. The van der Waals surface area contributed by atoms with Crippen LogP contribution < -0.4 is 9.47 Å². The van der Waals surface area contributed by atoms with E-state index in [9.17, 15) is 4.79 Å². The fourth-order valence-corrected chi connectivity index (χ4v) is 2.55. The van der Waals surface area contributed by atoms with Gasteiger partial charge in [-0.1, -0.05) is 35.5 Å². The van der Waals surface area contributed by atoms with Crippen molar-refractivity contribution >= 4 is 5.78 Å². The number of methoxy groups -OCH3 is 1. The predicted molar refractivity (Wildman–Crippen MR) is 94.0 cm³/mol. The Hall–Kier alpha value is -3.08. The monoisotopic (exact) mass is 337 g/mol. The number of nitrogens with zero attached hydrogens (tertiary/aromatic N) is 1. The minimum atomic E-state index is -0.0861. The highest BCUT2D eigenvalue weighted by atomic mass is 16.5. The summed E-state index contributed by atoms with van der Waals surface area (Å²) in [6.45, 7) is 3.73. The van der Waals surface area contributed by atoms with Crippen LogP contribution in [0.1, 0.15) is 28.5 Å². The van der Waals surface area contributed by atoms with E-state index in [1.807, 2.05) is 37.3 Å². The third-order valence-corrected chi connectivity index (χ3v) is 3.81. The number of ether oxygens (including phenoxy) is 2. The number of benzene rings is 2. The van der Waals surface area contributed by atoms with Crippen LogP contribution in [0.5, 0.6) is 11.5 Å². The zero-order valence-corrected chi connectivity index (χ0v) is 14.4. The molecule has 1 heterocycles. The molecule has 1 aromatic heterocycles. The van der Waals surface area contributed by atoms with Gasteiger partial charge in [0.05, 0.1) is 12.8 Å². The second kappa shape index (κ2) is 7.21. The Labute approximate surface area is 146 Å². The molecule has 0 aliphatic rings. The second-order valence-electron chi connectivity index (χ2n) is 5.71. The highest BCUT2D eigenvalue weighted by Gasteiger charge is 2.19. The first-order valence-electron chi connectivity index (χ1n) is 7.92. The first-order chi connectivity index (χ1) is 12.1. The highest BCUT2D eigenvalue weighted by Crippen LogP contribution is 2.36. The van der Waals surface area contributed by atoms with Crippen molar-refractivity contribution in [2.75, 3.05) is 7.11 Å². The van der Waals surface area contributed by atoms with Crippen molar-refractivity contribution in [1.82, 2.24) is 5.16 Å². The Bertz CT molecular complexity index is 884. The molecule has 0 N–H and O–H groups in total. The van der Waals surface area contributed by atoms with Crippen molar-refractivity contribution in [1.29, 1.82) is 0 Å². The number of aromatic nitrogens is 1. The summed E-state index contributed by atoms with van der Waals surface area (Å²) >= 11 is 0. The van der Waals surface area contributed by atoms with E-state index in [1.165, 1.54) is 6.92 Å². The van der Waals surface area contributed by atoms with E-state index in [1.54, 1.807) is 25.3 Å². The Morgan fingerprint density at radius 1 is 1.12 bits per heavy atom. The molecule has 0 aliphatic carbocycles. The molecule has 5 nitrogen and oxygen atoms in total. The van der Waals surface area contributed by atoms with Crippen LogP contribution in [0.25, 0.3) is 11.3 Å². The molecule has 0 radical (unpaired) electrons. The minimum absolute atomic E-state index is 0.0861. The molecule has 0 aliphatic heterocycles. The molecular weight excluding hydrogens is 318 g/mol. The molecule has 0 amide bonds. The normalized spacial score (nSPS) is 10.5. The molecular formula is C20H19NO4. The molecule has 0 unspecified atom stereocenters. The highest BCUT2D eigenvalue weighted by molar-refractivity contribution is 6.01. The number of hydrogen-bond donors (Lipinski definition) is 0. The van der Waals surface area contributed by atoms with Gasteiger partial charge in [-0.25, -0.2) is 0 Å². The SMILES string of the molecule is COc1cc(C(C)=O)c(-c2cc(C)no2)cc1OCc1ccccc1. The van der Waals surface area contributed by atoms with E-state index < -0.39 is 0 Å². The Balaban J connectivity index is 2.00. The largest absolute Gasteiger partial charge is 0.493 e. The molecule has 5 heteroatoms. The Morgan fingerprint density at radius 2 is 1.88 bits per heavy atom. The molecule has 0 atom stereocenters. The van der Waals surface area contributed by atoms with Crippen molar-refractivity contribution in [3.05, 3.63) is 65.4 Å². The van der Waals surface area contributed by atoms with E-state index in [2.05, 4.69) is 5.16 Å². The maximum Gasteiger partial charge on any atom is 0.167 e. The lowest BCUT2D eigenvalue weighted by Gasteiger charge is -2.14. The van der Waals surface area contributed by atoms with Gasteiger partial charge in [0.1, 0.15) is 6.61 Å². The van der Waals surface area contributed by atoms with Crippen LogP contribution in [-0.4, -0.2) is 18.0 Å². The van der Waals surface area contributed by atoms with Crippen LogP contribution in [0, 0.1) is 6.92 Å². The molecule has 0 bridgehead atoms. The molecule has 0 saturated carbocycles. The number of carbonyl (C=O) groups is 1. The zero-order chi connectivity index (χ0) is 17.8. The average molecular weight is 337 g/mol. The Kier molecular flexibility index (Phi) is 4.84. The van der Waals surface area contributed by atoms with E-state index in [0.717, 1.165) is 11.3 Å². The van der Waals surface area contributed by atoms with E-state index >= 15 is 0 Å². The van der Waals surface area contributed by atoms with E-state index in [0.29, 0.717) is 35.0 Å². The number of ketones is 1. The van der Waals surface area contributed by atoms with Gasteiger partial charge in [-0.05, 0) is 31.5 Å². The van der Waals surface area contributed by atoms with Crippen LogP contribution in [0.4, 0.5) is 0 Å². The van der Waals surface area contributed by atoms with E-state index in [-0.39, 0.29) is 5.78 Å². The molecule has 0 spiro atoms. The fourth-order valence-electron chi connectivity index (χ4n) is 2.55. The number of carbonyl (C=O) groups excluding carboxylic acids is 1. The Morgan fingerprint density at radius 3 is 2.48 bits per heavy atom. The van der Waals surface area contributed by atoms with Crippen LogP contribution in [0.15, 0.2) is 53.1 Å². The summed E-state index contributed by atoms with van der Waals surface area (Å²) in [4.78, 5) is 12.0. The van der Waals surface area contributed by atoms with Crippen molar-refractivity contribution < 1.29 is 18.8 Å². The summed E-state index contributed by atoms with van der Waals surface area (Å²) in [5.74, 6) is 1.48. The molecule has 3 aromatic rings. The lowest BCUT2D eigenvalue weighted by atomic mass is 10.0. The standard InChI is InChI=1S/C20H19NO4/c1-13-9-18(25-21-13)17-11-20(19(23-3)10-16(17)14(2)22)24-12-15-7-5-4-6-8-15/h4-11H,12H2,1-3H3. The number of hydrogen-bond acceptors (Lipinski definition) is 5. The lowest BCUT2D eigenvalue weighted by molar-refractivity contribution is 0.101. The molecule has 2 aromatic carbocycles. The van der Waals surface area contributed by atoms with Gasteiger partial charge in [0.25, 0.3) is 0 Å². The number of Topliss-reactive ketones (excluding diaryl/α,β-unsaturated/α-hetero) is 1. The zero-order valence-electron chi connectivity index (χ0n) is 14.4. The van der Waals surface area contributed by atoms with Gasteiger partial charge in [0.15, 0.2) is 23.0 Å². The summed E-state index contributed by atoms with van der Waals surface area (Å²) in [5, 5.41) is 3.90. The van der Waals surface area contributed by atoms with Gasteiger partial charge in [0, 0.05) is 17.2 Å². The van der Waals surface area contributed by atoms with Gasteiger partial charge < -0.3 is 14.0 Å². The molecule has 25 heavy (non-hydrogen) atoms. The van der Waals surface area contributed by atoms with Crippen LogP contribution in [-0.2, 0) is 6.61 Å². The van der Waals surface area contributed by atoms with Crippen molar-refractivity contribution in [2.24, 2.45) is 0 Å². The first kappa shape index (κ1) is 16.8. The van der Waals surface area contributed by atoms with Crippen LogP contribution in [0.3, 0.4) is 0 Å². The summed E-state index contributed by atoms with van der Waals surface area (Å²) in [6.07, 6.45) is 0. The summed E-state index contributed by atoms with van der Waals surface area (Å²) in [5.41, 5.74) is 2.92. The number of aryl methyl sites for hydroxylation is 1. The molecule has 0 saturated heterocycles. The van der Waals surface area contributed by atoms with E-state index in [4.69, 9.17) is 14.0 Å². The fraction of sp³-hybridized carbons (Fsp3) is 0.200. The summed E-state index contributed by atoms with van der Waals surface area (Å²) in [6, 6.07) is 15.1. The molecule has 0 fully saturated rings. The van der Waals surface area contributed by atoms with Gasteiger partial charge in [-0.15, -0.1) is 0 Å². The minimum Gasteiger partial charge on any atom is -0.493 e. The quantitative estimate of drug-likeness (QED) is 0.622. The summed E-state index contributed by atoms with van der Waals surface area (Å²) in [7, 11) is 1.55. The van der Waals surface area contributed by atoms with Gasteiger partial charge in [-0.2, -0.15) is 0 Å². The first-order valence-corrected chi connectivity index (χ1v) is 7.92. The third-order valence-electron chi connectivity index (χ3n) is 3.81. The van der Waals surface area contributed by atoms with Crippen molar-refractivity contribution in [3.63, 3.8) is 0 Å². The van der Waals surface area contributed by atoms with Crippen LogP contribution >= 0.6 is 0 Å². The number of rotatable bonds is 6. The van der Waals surface area contributed by atoms with Crippen LogP contribution in [0.2, 0.25) is 0 Å². The smallest absolute Gasteiger partial charge is 0.167 e. The molecule has 3 rings (SSSR count). The maximum absolute atomic E-state index is 12.0. The third kappa shape index (κ3) is 3.71.